The summed E-state index contributed by atoms with van der Waals surface area (Å²) in [4.78, 5) is 23.6. The lowest BCUT2D eigenvalue weighted by atomic mass is 9.94. The Kier molecular flexibility index (Phi) is 5.54. The number of piperidine rings is 1. The molecule has 3 heterocycles. The van der Waals surface area contributed by atoms with Crippen molar-refractivity contribution < 1.29 is 4.79 Å². The Morgan fingerprint density at radius 1 is 1.32 bits per heavy atom. The summed E-state index contributed by atoms with van der Waals surface area (Å²) in [6.45, 7) is 10.1. The molecule has 0 aromatic carbocycles. The Morgan fingerprint density at radius 2 is 2.04 bits per heavy atom. The number of nitrogens with one attached hydrogen (secondary N) is 1. The Bertz CT molecular complexity index is 715. The van der Waals surface area contributed by atoms with E-state index in [0.717, 1.165) is 31.6 Å². The van der Waals surface area contributed by atoms with E-state index in [1.165, 1.54) is 17.2 Å². The molecule has 0 aliphatic carbocycles. The van der Waals surface area contributed by atoms with Gasteiger partial charge in [0.15, 0.2) is 5.13 Å². The van der Waals surface area contributed by atoms with E-state index in [0.29, 0.717) is 17.1 Å². The number of rotatable bonds is 5. The van der Waals surface area contributed by atoms with Gasteiger partial charge in [-0.1, -0.05) is 0 Å². The summed E-state index contributed by atoms with van der Waals surface area (Å²) in [6, 6.07) is 0.289. The molecule has 1 aliphatic heterocycles. The van der Waals surface area contributed by atoms with Crippen LogP contribution in [0.2, 0.25) is 0 Å². The van der Waals surface area contributed by atoms with Crippen molar-refractivity contribution in [2.75, 3.05) is 18.4 Å². The molecule has 25 heavy (non-hydrogen) atoms. The van der Waals surface area contributed by atoms with Crippen molar-refractivity contribution in [1.82, 2.24) is 19.4 Å². The van der Waals surface area contributed by atoms with Crippen LogP contribution < -0.4 is 5.32 Å². The normalized spacial score (nSPS) is 17.8. The molecule has 3 rings (SSSR count). The highest BCUT2D eigenvalue weighted by Crippen LogP contribution is 2.29. The van der Waals surface area contributed by atoms with Gasteiger partial charge in [-0.3, -0.25) is 9.69 Å². The molecule has 0 spiro atoms. The summed E-state index contributed by atoms with van der Waals surface area (Å²) in [6.07, 6.45) is 6.04. The largest absolute Gasteiger partial charge is 0.332 e. The van der Waals surface area contributed by atoms with E-state index in [2.05, 4.69) is 44.8 Å². The average Bonchev–Trinajstić information content (AvgIpc) is 3.23. The molecule has 2 aromatic heterocycles. The molecule has 136 valence electrons. The number of aryl methyl sites for hydroxylation is 1. The van der Waals surface area contributed by atoms with Crippen LogP contribution in [-0.2, 0) is 4.79 Å². The molecule has 2 aromatic rings. The van der Waals surface area contributed by atoms with Gasteiger partial charge in [0.05, 0.1) is 11.7 Å². The van der Waals surface area contributed by atoms with E-state index in [-0.39, 0.29) is 11.9 Å². The predicted octanol–water partition coefficient (Wildman–Crippen LogP) is 3.44. The Labute approximate surface area is 153 Å². The van der Waals surface area contributed by atoms with Crippen LogP contribution in [0.5, 0.6) is 0 Å². The molecule has 1 amide bonds. The van der Waals surface area contributed by atoms with Gasteiger partial charge in [-0.05, 0) is 53.6 Å². The van der Waals surface area contributed by atoms with Crippen molar-refractivity contribution in [3.8, 4) is 0 Å². The molecular weight excluding hydrogens is 334 g/mol. The number of carbonyl (C=O) groups excluding carboxylic acids is 1. The van der Waals surface area contributed by atoms with Gasteiger partial charge in [-0.25, -0.2) is 9.97 Å². The van der Waals surface area contributed by atoms with Gasteiger partial charge < -0.3 is 9.88 Å². The van der Waals surface area contributed by atoms with Crippen LogP contribution in [0, 0.1) is 6.92 Å². The number of anilines is 1. The van der Waals surface area contributed by atoms with E-state index >= 15 is 0 Å². The summed E-state index contributed by atoms with van der Waals surface area (Å²) < 4.78 is 2.27. The highest BCUT2D eigenvalue weighted by atomic mass is 32.1. The fourth-order valence-electron chi connectivity index (χ4n) is 3.41. The van der Waals surface area contributed by atoms with Crippen LogP contribution in [0.1, 0.15) is 57.1 Å². The summed E-state index contributed by atoms with van der Waals surface area (Å²) in [5.41, 5.74) is 0.939. The highest BCUT2D eigenvalue weighted by Gasteiger charge is 2.29. The maximum absolute atomic E-state index is 12.5. The van der Waals surface area contributed by atoms with E-state index in [1.807, 2.05) is 25.4 Å². The zero-order chi connectivity index (χ0) is 18.0. The number of amides is 1. The molecule has 0 unspecified atom stereocenters. The summed E-state index contributed by atoms with van der Waals surface area (Å²) in [7, 11) is 0. The molecule has 1 aliphatic rings. The van der Waals surface area contributed by atoms with Gasteiger partial charge in [0.2, 0.25) is 5.91 Å². The zero-order valence-electron chi connectivity index (χ0n) is 15.4. The number of likely N-dealkylation sites (tertiary alicyclic amines) is 1. The van der Waals surface area contributed by atoms with Crippen molar-refractivity contribution in [3.63, 3.8) is 0 Å². The number of aromatic nitrogens is 3. The zero-order valence-corrected chi connectivity index (χ0v) is 16.2. The van der Waals surface area contributed by atoms with Gasteiger partial charge in [-0.2, -0.15) is 0 Å². The molecular formula is C18H27N5OS. The molecule has 1 N–H and O–H groups in total. The van der Waals surface area contributed by atoms with Gasteiger partial charge >= 0.3 is 0 Å². The van der Waals surface area contributed by atoms with Crippen molar-refractivity contribution in [2.24, 2.45) is 0 Å². The van der Waals surface area contributed by atoms with Crippen molar-refractivity contribution in [3.05, 3.63) is 29.3 Å². The number of thiazole rings is 1. The number of hydrogen-bond donors (Lipinski definition) is 1. The number of imidazole rings is 1. The van der Waals surface area contributed by atoms with Crippen molar-refractivity contribution >= 4 is 22.4 Å². The third-order valence-corrected chi connectivity index (χ3v) is 5.80. The topological polar surface area (TPSA) is 63.1 Å². The lowest BCUT2D eigenvalue weighted by molar-refractivity contribution is -0.121. The van der Waals surface area contributed by atoms with Gasteiger partial charge in [0.1, 0.15) is 5.82 Å². The molecule has 0 saturated carbocycles. The molecule has 6 nitrogen and oxygen atoms in total. The first-order valence-electron chi connectivity index (χ1n) is 8.95. The maximum atomic E-state index is 12.5. The second kappa shape index (κ2) is 7.66. The molecule has 0 bridgehead atoms. The van der Waals surface area contributed by atoms with Crippen LogP contribution in [0.3, 0.4) is 0 Å². The third kappa shape index (κ3) is 4.10. The highest BCUT2D eigenvalue weighted by molar-refractivity contribution is 7.13. The van der Waals surface area contributed by atoms with E-state index in [1.54, 1.807) is 0 Å². The fourth-order valence-corrected chi connectivity index (χ4v) is 4.10. The average molecular weight is 362 g/mol. The van der Waals surface area contributed by atoms with Crippen molar-refractivity contribution in [2.45, 2.75) is 58.5 Å². The Morgan fingerprint density at radius 3 is 2.64 bits per heavy atom. The third-order valence-electron chi connectivity index (χ3n) is 4.93. The smallest absolute Gasteiger partial charge is 0.243 e. The van der Waals surface area contributed by atoms with E-state index in [4.69, 9.17) is 0 Å². The lowest BCUT2D eigenvalue weighted by Gasteiger charge is -2.35. The first kappa shape index (κ1) is 18.1. The summed E-state index contributed by atoms with van der Waals surface area (Å²) in [5, 5.41) is 5.56. The Hall–Kier alpha value is -1.73. The molecule has 7 heteroatoms. The SMILES string of the molecule is Cc1csc(NC(=O)[C@@H](C)N2CCC(c3nccn3C(C)C)CC2)n1. The van der Waals surface area contributed by atoms with Gasteiger partial charge in [0, 0.05) is 29.7 Å². The molecule has 1 fully saturated rings. The minimum atomic E-state index is -0.144. The Balaban J connectivity index is 1.56. The van der Waals surface area contributed by atoms with Crippen molar-refractivity contribution in [1.29, 1.82) is 0 Å². The van der Waals surface area contributed by atoms with E-state index < -0.39 is 0 Å². The monoisotopic (exact) mass is 361 g/mol. The summed E-state index contributed by atoms with van der Waals surface area (Å²) in [5.74, 6) is 1.69. The first-order chi connectivity index (χ1) is 12.0. The minimum Gasteiger partial charge on any atom is -0.332 e. The minimum absolute atomic E-state index is 0.0245. The standard InChI is InChI=1S/C18H27N5OS/c1-12(2)23-10-7-19-16(23)15-5-8-22(9-6-15)14(4)17(24)21-18-20-13(3)11-25-18/h7,10-12,14-15H,5-6,8-9H2,1-4H3,(H,20,21,24)/t14-/m1/s1. The quantitative estimate of drug-likeness (QED) is 0.886. The molecule has 1 saturated heterocycles. The van der Waals surface area contributed by atoms with E-state index in [9.17, 15) is 4.79 Å². The van der Waals surface area contributed by atoms with Gasteiger partial charge in [-0.15, -0.1) is 11.3 Å². The van der Waals surface area contributed by atoms with Crippen LogP contribution in [0.25, 0.3) is 0 Å². The van der Waals surface area contributed by atoms with Crippen LogP contribution in [0.15, 0.2) is 17.8 Å². The molecule has 0 radical (unpaired) electrons. The summed E-state index contributed by atoms with van der Waals surface area (Å²) >= 11 is 1.47. The maximum Gasteiger partial charge on any atom is 0.243 e. The predicted molar refractivity (Wildman–Crippen MR) is 101 cm³/mol. The second-order valence-corrected chi connectivity index (χ2v) is 7.91. The fraction of sp³-hybridized carbons (Fsp3) is 0.611. The first-order valence-corrected chi connectivity index (χ1v) is 9.83. The molecule has 1 atom stereocenters. The van der Waals surface area contributed by atoms with Crippen LogP contribution in [0.4, 0.5) is 5.13 Å². The second-order valence-electron chi connectivity index (χ2n) is 7.06. The van der Waals surface area contributed by atoms with Gasteiger partial charge in [0.25, 0.3) is 0 Å². The van der Waals surface area contributed by atoms with Crippen LogP contribution in [-0.4, -0.2) is 44.5 Å². The number of carbonyl (C=O) groups is 1. The lowest BCUT2D eigenvalue weighted by Crippen LogP contribution is -2.46. The number of nitrogens with zero attached hydrogens (tertiary/aromatic N) is 4. The number of hydrogen-bond acceptors (Lipinski definition) is 5. The van der Waals surface area contributed by atoms with Crippen LogP contribution >= 0.6 is 11.3 Å².